The van der Waals surface area contributed by atoms with Gasteiger partial charge < -0.3 is 0 Å². The van der Waals surface area contributed by atoms with Crippen molar-refractivity contribution in [1.29, 1.82) is 0 Å². The molecule has 140 valence electrons. The molecular formula is C21H23N3O3. The van der Waals surface area contributed by atoms with Gasteiger partial charge in [-0.1, -0.05) is 67.6 Å². The molecule has 0 bridgehead atoms. The van der Waals surface area contributed by atoms with Gasteiger partial charge in [-0.05, 0) is 24.6 Å². The molecule has 0 unspecified atom stereocenters. The number of rotatable bonds is 7. The molecule has 3 rings (SSSR count). The fourth-order valence-electron chi connectivity index (χ4n) is 3.37. The van der Waals surface area contributed by atoms with Crippen molar-refractivity contribution in [3.63, 3.8) is 0 Å². The van der Waals surface area contributed by atoms with Gasteiger partial charge in [0, 0.05) is 6.54 Å². The number of imide groups is 2. The topological polar surface area (TPSA) is 60.9 Å². The van der Waals surface area contributed by atoms with Gasteiger partial charge in [0.05, 0.1) is 12.7 Å². The van der Waals surface area contributed by atoms with Crippen LogP contribution < -0.4 is 0 Å². The molecule has 1 aliphatic heterocycles. The molecule has 1 saturated heterocycles. The van der Waals surface area contributed by atoms with Crippen molar-refractivity contribution < 1.29 is 14.4 Å². The first kappa shape index (κ1) is 18.8. The molecule has 0 saturated carbocycles. The number of carbonyl (C=O) groups excluding carboxylic acids is 3. The Morgan fingerprint density at radius 1 is 0.815 bits per heavy atom. The largest absolute Gasteiger partial charge is 0.335 e. The standard InChI is InChI=1S/C21H23N3O3/c1-3-14-23-19(25)20(26)24(21(23)27)15-22(2)18(16-10-6-4-7-11-16)17-12-8-5-9-13-17/h4-13,18H,3,14-15H2,1-2H3. The first-order valence-corrected chi connectivity index (χ1v) is 9.02. The lowest BCUT2D eigenvalue weighted by molar-refractivity contribution is -0.144. The average Bonchev–Trinajstić information content (AvgIpc) is 2.88. The van der Waals surface area contributed by atoms with Gasteiger partial charge in [0.25, 0.3) is 0 Å². The van der Waals surface area contributed by atoms with E-state index in [-0.39, 0.29) is 19.3 Å². The van der Waals surface area contributed by atoms with Crippen molar-refractivity contribution >= 4 is 17.8 Å². The summed E-state index contributed by atoms with van der Waals surface area (Å²) >= 11 is 0. The summed E-state index contributed by atoms with van der Waals surface area (Å²) in [6, 6.07) is 19.1. The highest BCUT2D eigenvalue weighted by Crippen LogP contribution is 2.28. The smallest absolute Gasteiger partial charge is 0.277 e. The van der Waals surface area contributed by atoms with Crippen LogP contribution in [0.3, 0.4) is 0 Å². The van der Waals surface area contributed by atoms with Gasteiger partial charge in [-0.25, -0.2) is 9.69 Å². The van der Waals surface area contributed by atoms with Crippen LogP contribution >= 0.6 is 0 Å². The molecule has 1 heterocycles. The number of amides is 4. The minimum absolute atomic E-state index is 0.0398. The predicted octanol–water partition coefficient (Wildman–Crippen LogP) is 2.87. The zero-order valence-corrected chi connectivity index (χ0v) is 15.5. The molecular weight excluding hydrogens is 342 g/mol. The number of nitrogens with zero attached hydrogens (tertiary/aromatic N) is 3. The lowest BCUT2D eigenvalue weighted by Gasteiger charge is -2.31. The van der Waals surface area contributed by atoms with E-state index in [4.69, 9.17) is 0 Å². The molecule has 0 spiro atoms. The van der Waals surface area contributed by atoms with Gasteiger partial charge in [0.15, 0.2) is 0 Å². The Morgan fingerprint density at radius 2 is 1.30 bits per heavy atom. The molecule has 4 amide bonds. The molecule has 0 aliphatic carbocycles. The van der Waals surface area contributed by atoms with Crippen molar-refractivity contribution in [1.82, 2.24) is 14.7 Å². The third kappa shape index (κ3) is 3.75. The van der Waals surface area contributed by atoms with Crippen LogP contribution in [0.15, 0.2) is 60.7 Å². The van der Waals surface area contributed by atoms with Gasteiger partial charge in [-0.2, -0.15) is 0 Å². The van der Waals surface area contributed by atoms with Crippen molar-refractivity contribution in [2.45, 2.75) is 19.4 Å². The Labute approximate surface area is 159 Å². The Kier molecular flexibility index (Phi) is 5.66. The molecule has 0 radical (unpaired) electrons. The van der Waals surface area contributed by atoms with Crippen LogP contribution in [0.25, 0.3) is 0 Å². The summed E-state index contributed by atoms with van der Waals surface area (Å²) in [7, 11) is 1.85. The summed E-state index contributed by atoms with van der Waals surface area (Å²) in [6.07, 6.45) is 0.616. The minimum atomic E-state index is -0.764. The summed E-state index contributed by atoms with van der Waals surface area (Å²) in [5.41, 5.74) is 2.09. The second-order valence-electron chi connectivity index (χ2n) is 6.59. The van der Waals surface area contributed by atoms with Crippen LogP contribution in [0.2, 0.25) is 0 Å². The highest BCUT2D eigenvalue weighted by atomic mass is 16.2. The third-order valence-electron chi connectivity index (χ3n) is 4.62. The van der Waals surface area contributed by atoms with Crippen LogP contribution in [0.4, 0.5) is 4.79 Å². The molecule has 0 aromatic heterocycles. The fourth-order valence-corrected chi connectivity index (χ4v) is 3.37. The van der Waals surface area contributed by atoms with Gasteiger partial charge >= 0.3 is 17.8 Å². The lowest BCUT2D eigenvalue weighted by Crippen LogP contribution is -2.42. The first-order valence-electron chi connectivity index (χ1n) is 9.02. The number of benzene rings is 2. The van der Waals surface area contributed by atoms with Gasteiger partial charge in [-0.3, -0.25) is 19.4 Å². The molecule has 27 heavy (non-hydrogen) atoms. The van der Waals surface area contributed by atoms with Crippen LogP contribution in [0.1, 0.15) is 30.5 Å². The van der Waals surface area contributed by atoms with E-state index < -0.39 is 17.8 Å². The van der Waals surface area contributed by atoms with Gasteiger partial charge in [0.1, 0.15) is 0 Å². The molecule has 0 atom stereocenters. The first-order chi connectivity index (χ1) is 13.0. The zero-order valence-electron chi connectivity index (χ0n) is 15.5. The zero-order chi connectivity index (χ0) is 19.4. The van der Waals surface area contributed by atoms with E-state index in [1.54, 1.807) is 0 Å². The van der Waals surface area contributed by atoms with Crippen LogP contribution in [0.5, 0.6) is 0 Å². The molecule has 0 N–H and O–H groups in total. The third-order valence-corrected chi connectivity index (χ3v) is 4.62. The van der Waals surface area contributed by atoms with Crippen molar-refractivity contribution in [3.8, 4) is 0 Å². The molecule has 6 nitrogen and oxygen atoms in total. The maximum Gasteiger partial charge on any atom is 0.335 e. The van der Waals surface area contributed by atoms with E-state index in [2.05, 4.69) is 0 Å². The lowest BCUT2D eigenvalue weighted by atomic mass is 9.98. The van der Waals surface area contributed by atoms with E-state index in [0.29, 0.717) is 6.42 Å². The highest BCUT2D eigenvalue weighted by Gasteiger charge is 2.44. The van der Waals surface area contributed by atoms with Crippen molar-refractivity contribution in [2.75, 3.05) is 20.3 Å². The molecule has 1 aliphatic rings. The summed E-state index contributed by atoms with van der Waals surface area (Å²) in [6.45, 7) is 2.16. The van der Waals surface area contributed by atoms with E-state index in [9.17, 15) is 14.4 Å². The Hall–Kier alpha value is -2.99. The van der Waals surface area contributed by atoms with E-state index in [0.717, 1.165) is 20.9 Å². The monoisotopic (exact) mass is 365 g/mol. The highest BCUT2D eigenvalue weighted by molar-refractivity contribution is 6.44. The Morgan fingerprint density at radius 3 is 1.78 bits per heavy atom. The number of carbonyl (C=O) groups is 3. The van der Waals surface area contributed by atoms with Crippen LogP contribution in [0, 0.1) is 0 Å². The summed E-state index contributed by atoms with van der Waals surface area (Å²) in [5.74, 6) is -1.51. The molecule has 2 aromatic carbocycles. The SMILES string of the molecule is CCCN1C(=O)C(=O)N(CN(C)C(c2ccccc2)c2ccccc2)C1=O. The quantitative estimate of drug-likeness (QED) is 0.559. The average molecular weight is 365 g/mol. The second kappa shape index (κ2) is 8.14. The summed E-state index contributed by atoms with van der Waals surface area (Å²) in [4.78, 5) is 40.9. The molecule has 2 aromatic rings. The normalized spacial score (nSPS) is 14.7. The maximum atomic E-state index is 12.5. The van der Waals surface area contributed by atoms with Gasteiger partial charge in [-0.15, -0.1) is 0 Å². The van der Waals surface area contributed by atoms with E-state index in [1.165, 1.54) is 0 Å². The fraction of sp³-hybridized carbons (Fsp3) is 0.286. The number of hydrogen-bond acceptors (Lipinski definition) is 4. The minimum Gasteiger partial charge on any atom is -0.277 e. The Bertz CT molecular complexity index is 784. The number of hydrogen-bond donors (Lipinski definition) is 0. The van der Waals surface area contributed by atoms with E-state index >= 15 is 0 Å². The summed E-state index contributed by atoms with van der Waals surface area (Å²) < 4.78 is 0. The van der Waals surface area contributed by atoms with Gasteiger partial charge in [0.2, 0.25) is 0 Å². The predicted molar refractivity (Wildman–Crippen MR) is 102 cm³/mol. The molecule has 1 fully saturated rings. The maximum absolute atomic E-state index is 12.5. The van der Waals surface area contributed by atoms with Crippen molar-refractivity contribution in [3.05, 3.63) is 71.8 Å². The van der Waals surface area contributed by atoms with E-state index in [1.807, 2.05) is 79.5 Å². The number of urea groups is 1. The van der Waals surface area contributed by atoms with Crippen molar-refractivity contribution in [2.24, 2.45) is 0 Å². The van der Waals surface area contributed by atoms with Crippen LogP contribution in [-0.2, 0) is 9.59 Å². The second-order valence-corrected chi connectivity index (χ2v) is 6.59. The molecule has 6 heteroatoms. The van der Waals surface area contributed by atoms with Crippen LogP contribution in [-0.4, -0.2) is 52.8 Å². The Balaban J connectivity index is 1.87. The summed E-state index contributed by atoms with van der Waals surface area (Å²) in [5, 5.41) is 0.